The SMILES string of the molecule is Cc1nn(Cc2ccc(Cl)cc2)c(C)c1CN1CCC(C)(CN)C1. The van der Waals surface area contributed by atoms with Crippen molar-refractivity contribution in [2.75, 3.05) is 19.6 Å². The van der Waals surface area contributed by atoms with Crippen LogP contribution in [-0.2, 0) is 13.1 Å². The number of halogens is 1. The lowest BCUT2D eigenvalue weighted by atomic mass is 9.90. The summed E-state index contributed by atoms with van der Waals surface area (Å²) in [5, 5.41) is 5.53. The number of aryl methyl sites for hydroxylation is 1. The highest BCUT2D eigenvalue weighted by Gasteiger charge is 2.33. The summed E-state index contributed by atoms with van der Waals surface area (Å²) in [7, 11) is 0. The van der Waals surface area contributed by atoms with E-state index in [2.05, 4.69) is 42.5 Å². The second-order valence-corrected chi connectivity index (χ2v) is 7.85. The van der Waals surface area contributed by atoms with E-state index in [1.807, 2.05) is 12.1 Å². The van der Waals surface area contributed by atoms with Gasteiger partial charge >= 0.3 is 0 Å². The van der Waals surface area contributed by atoms with Crippen LogP contribution >= 0.6 is 11.6 Å². The van der Waals surface area contributed by atoms with Crippen LogP contribution in [0.2, 0.25) is 5.02 Å². The highest BCUT2D eigenvalue weighted by molar-refractivity contribution is 6.30. The Bertz CT molecular complexity index is 707. The van der Waals surface area contributed by atoms with E-state index in [1.54, 1.807) is 0 Å². The molecular formula is C19H27ClN4. The maximum absolute atomic E-state index is 5.97. The minimum atomic E-state index is 0.265. The summed E-state index contributed by atoms with van der Waals surface area (Å²) in [6.07, 6.45) is 1.18. The van der Waals surface area contributed by atoms with Crippen molar-refractivity contribution in [3.8, 4) is 0 Å². The van der Waals surface area contributed by atoms with Gasteiger partial charge in [-0.2, -0.15) is 5.10 Å². The maximum Gasteiger partial charge on any atom is 0.0662 e. The minimum Gasteiger partial charge on any atom is -0.330 e. The van der Waals surface area contributed by atoms with Crippen LogP contribution in [0, 0.1) is 19.3 Å². The molecule has 2 heterocycles. The predicted octanol–water partition coefficient (Wildman–Crippen LogP) is 3.37. The molecule has 2 aromatic rings. The smallest absolute Gasteiger partial charge is 0.0662 e. The molecule has 5 heteroatoms. The lowest BCUT2D eigenvalue weighted by Gasteiger charge is -2.22. The van der Waals surface area contributed by atoms with E-state index in [4.69, 9.17) is 22.4 Å². The van der Waals surface area contributed by atoms with Crippen molar-refractivity contribution >= 4 is 11.6 Å². The fraction of sp³-hybridized carbons (Fsp3) is 0.526. The molecule has 1 aromatic heterocycles. The van der Waals surface area contributed by atoms with Crippen molar-refractivity contribution in [3.63, 3.8) is 0 Å². The van der Waals surface area contributed by atoms with Gasteiger partial charge in [0.1, 0.15) is 0 Å². The molecule has 3 rings (SSSR count). The molecule has 1 atom stereocenters. The van der Waals surface area contributed by atoms with Crippen LogP contribution in [0.5, 0.6) is 0 Å². The van der Waals surface area contributed by atoms with Gasteiger partial charge in [-0.15, -0.1) is 0 Å². The standard InChI is InChI=1S/C19H27ClN4/c1-14-18(11-23-9-8-19(3,12-21)13-23)15(2)24(22-14)10-16-4-6-17(20)7-5-16/h4-7H,8-13,21H2,1-3H3. The van der Waals surface area contributed by atoms with Crippen LogP contribution in [0.25, 0.3) is 0 Å². The number of hydrogen-bond donors (Lipinski definition) is 1. The summed E-state index contributed by atoms with van der Waals surface area (Å²) < 4.78 is 2.10. The summed E-state index contributed by atoms with van der Waals surface area (Å²) in [6, 6.07) is 7.99. The van der Waals surface area contributed by atoms with E-state index in [0.717, 1.165) is 43.4 Å². The Morgan fingerprint density at radius 3 is 2.54 bits per heavy atom. The van der Waals surface area contributed by atoms with Gasteiger partial charge in [0.05, 0.1) is 12.2 Å². The Hall–Kier alpha value is -1.36. The van der Waals surface area contributed by atoms with Crippen molar-refractivity contribution in [2.45, 2.75) is 40.3 Å². The lowest BCUT2D eigenvalue weighted by molar-refractivity contribution is 0.273. The number of hydrogen-bond acceptors (Lipinski definition) is 3. The van der Waals surface area contributed by atoms with Crippen LogP contribution in [0.15, 0.2) is 24.3 Å². The largest absolute Gasteiger partial charge is 0.330 e. The van der Waals surface area contributed by atoms with E-state index >= 15 is 0 Å². The van der Waals surface area contributed by atoms with Crippen LogP contribution in [0.1, 0.15) is 35.9 Å². The average molecular weight is 347 g/mol. The molecule has 0 radical (unpaired) electrons. The Morgan fingerprint density at radius 2 is 1.92 bits per heavy atom. The zero-order valence-corrected chi connectivity index (χ0v) is 15.6. The molecule has 2 N–H and O–H groups in total. The predicted molar refractivity (Wildman–Crippen MR) is 99.3 cm³/mol. The summed E-state index contributed by atoms with van der Waals surface area (Å²) in [4.78, 5) is 2.51. The van der Waals surface area contributed by atoms with Gasteiger partial charge in [-0.25, -0.2) is 0 Å². The summed E-state index contributed by atoms with van der Waals surface area (Å²) in [5.74, 6) is 0. The zero-order chi connectivity index (χ0) is 17.3. The normalized spacial score (nSPS) is 21.5. The van der Waals surface area contributed by atoms with Gasteiger partial charge in [0.15, 0.2) is 0 Å². The van der Waals surface area contributed by atoms with Gasteiger partial charge in [-0.3, -0.25) is 9.58 Å². The molecule has 1 aliphatic rings. The molecule has 0 spiro atoms. The quantitative estimate of drug-likeness (QED) is 0.902. The first-order chi connectivity index (χ1) is 11.4. The molecule has 1 aliphatic heterocycles. The fourth-order valence-corrected chi connectivity index (χ4v) is 3.66. The molecule has 0 saturated carbocycles. The number of nitrogens with zero attached hydrogens (tertiary/aromatic N) is 3. The number of benzene rings is 1. The third kappa shape index (κ3) is 3.66. The van der Waals surface area contributed by atoms with E-state index in [1.165, 1.54) is 23.2 Å². The van der Waals surface area contributed by atoms with E-state index in [-0.39, 0.29) is 5.41 Å². The van der Waals surface area contributed by atoms with E-state index in [9.17, 15) is 0 Å². The molecular weight excluding hydrogens is 320 g/mol. The summed E-state index contributed by atoms with van der Waals surface area (Å²) in [6.45, 7) is 11.3. The number of likely N-dealkylation sites (tertiary alicyclic amines) is 1. The third-order valence-electron chi connectivity index (χ3n) is 5.29. The second kappa shape index (κ2) is 6.87. The third-order valence-corrected chi connectivity index (χ3v) is 5.54. The minimum absolute atomic E-state index is 0.265. The van der Waals surface area contributed by atoms with Crippen molar-refractivity contribution in [1.82, 2.24) is 14.7 Å². The van der Waals surface area contributed by atoms with Gasteiger partial charge < -0.3 is 5.73 Å². The van der Waals surface area contributed by atoms with Crippen LogP contribution in [-0.4, -0.2) is 34.3 Å². The summed E-state index contributed by atoms with van der Waals surface area (Å²) in [5.41, 5.74) is 11.1. The number of aromatic nitrogens is 2. The van der Waals surface area contributed by atoms with Gasteiger partial charge in [0.2, 0.25) is 0 Å². The Balaban J connectivity index is 1.73. The highest BCUT2D eigenvalue weighted by atomic mass is 35.5. The van der Waals surface area contributed by atoms with Crippen LogP contribution in [0.4, 0.5) is 0 Å². The van der Waals surface area contributed by atoms with Crippen LogP contribution < -0.4 is 5.73 Å². The van der Waals surface area contributed by atoms with Crippen molar-refractivity contribution in [1.29, 1.82) is 0 Å². The maximum atomic E-state index is 5.97. The van der Waals surface area contributed by atoms with Gasteiger partial charge in [-0.1, -0.05) is 30.7 Å². The molecule has 1 aromatic carbocycles. The molecule has 4 nitrogen and oxygen atoms in total. The van der Waals surface area contributed by atoms with Crippen molar-refractivity contribution in [2.24, 2.45) is 11.1 Å². The molecule has 0 amide bonds. The zero-order valence-electron chi connectivity index (χ0n) is 14.8. The molecule has 130 valence electrons. The monoisotopic (exact) mass is 346 g/mol. The Labute approximate surface area is 149 Å². The number of rotatable bonds is 5. The number of nitrogens with two attached hydrogens (primary N) is 1. The lowest BCUT2D eigenvalue weighted by Crippen LogP contribution is -2.31. The van der Waals surface area contributed by atoms with Crippen LogP contribution in [0.3, 0.4) is 0 Å². The van der Waals surface area contributed by atoms with Crippen molar-refractivity contribution in [3.05, 3.63) is 51.8 Å². The fourth-order valence-electron chi connectivity index (χ4n) is 3.53. The highest BCUT2D eigenvalue weighted by Crippen LogP contribution is 2.30. The molecule has 1 unspecified atom stereocenters. The van der Waals surface area contributed by atoms with Gasteiger partial charge in [0, 0.05) is 29.4 Å². The second-order valence-electron chi connectivity index (χ2n) is 7.41. The molecule has 1 saturated heterocycles. The first-order valence-corrected chi connectivity index (χ1v) is 8.98. The van der Waals surface area contributed by atoms with E-state index in [0.29, 0.717) is 0 Å². The molecule has 0 aliphatic carbocycles. The Morgan fingerprint density at radius 1 is 1.21 bits per heavy atom. The Kier molecular flexibility index (Phi) is 5.00. The van der Waals surface area contributed by atoms with Crippen molar-refractivity contribution < 1.29 is 0 Å². The molecule has 24 heavy (non-hydrogen) atoms. The summed E-state index contributed by atoms with van der Waals surface area (Å²) >= 11 is 5.97. The topological polar surface area (TPSA) is 47.1 Å². The van der Waals surface area contributed by atoms with Gasteiger partial charge in [0.25, 0.3) is 0 Å². The first kappa shape index (κ1) is 17.5. The van der Waals surface area contributed by atoms with E-state index < -0.39 is 0 Å². The van der Waals surface area contributed by atoms with Gasteiger partial charge in [-0.05, 0) is 56.5 Å². The molecule has 1 fully saturated rings. The molecule has 0 bridgehead atoms. The average Bonchev–Trinajstić information content (AvgIpc) is 3.06. The first-order valence-electron chi connectivity index (χ1n) is 8.60.